The topological polar surface area (TPSA) is 72.4 Å². The number of hydrogen-bond acceptors (Lipinski definition) is 5. The van der Waals surface area contributed by atoms with E-state index >= 15 is 4.39 Å². The number of nitrogens with zero attached hydrogens (tertiary/aromatic N) is 6. The van der Waals surface area contributed by atoms with Gasteiger partial charge in [0.15, 0.2) is 0 Å². The smallest absolute Gasteiger partial charge is 0.245 e. The summed E-state index contributed by atoms with van der Waals surface area (Å²) < 4.78 is 18.5. The molecule has 3 aromatic heterocycles. The first-order valence-corrected chi connectivity index (χ1v) is 10.3. The first-order chi connectivity index (χ1) is 14.8. The molecule has 0 spiro atoms. The van der Waals surface area contributed by atoms with Crippen LogP contribution in [-0.2, 0) is 12.5 Å². The second-order valence-electron chi connectivity index (χ2n) is 8.58. The molecule has 4 heterocycles. The predicted octanol–water partition coefficient (Wildman–Crippen LogP) is 5.03. The van der Waals surface area contributed by atoms with Crippen LogP contribution in [0.25, 0.3) is 16.6 Å². The van der Waals surface area contributed by atoms with Crippen molar-refractivity contribution in [3.63, 3.8) is 0 Å². The highest BCUT2D eigenvalue weighted by Crippen LogP contribution is 2.47. The molecule has 158 valence electrons. The van der Waals surface area contributed by atoms with Crippen molar-refractivity contribution >= 4 is 28.6 Å². The number of rotatable bonds is 4. The molecule has 1 aliphatic rings. The fourth-order valence-corrected chi connectivity index (χ4v) is 4.29. The average molecular weight is 417 g/mol. The summed E-state index contributed by atoms with van der Waals surface area (Å²) in [7, 11) is 1.85. The summed E-state index contributed by atoms with van der Waals surface area (Å²) in [4.78, 5) is 9.00. The van der Waals surface area contributed by atoms with Crippen molar-refractivity contribution in [2.75, 3.05) is 5.32 Å². The van der Waals surface area contributed by atoms with Crippen LogP contribution in [0, 0.1) is 11.7 Å². The van der Waals surface area contributed by atoms with Crippen molar-refractivity contribution in [1.82, 2.24) is 24.4 Å². The van der Waals surface area contributed by atoms with Crippen LogP contribution in [0.4, 0.5) is 21.7 Å². The summed E-state index contributed by atoms with van der Waals surface area (Å²) in [6, 6.07) is 5.56. The Balaban J connectivity index is 1.56. The number of nitrogens with one attached hydrogen (secondary N) is 1. The summed E-state index contributed by atoms with van der Waals surface area (Å²) in [5, 5.41) is 11.8. The number of halogens is 1. The van der Waals surface area contributed by atoms with Crippen molar-refractivity contribution in [3.8, 4) is 11.1 Å². The molecule has 1 N–H and O–H groups in total. The van der Waals surface area contributed by atoms with Gasteiger partial charge in [0.2, 0.25) is 5.95 Å². The molecule has 1 atom stereocenters. The number of benzene rings is 1. The molecular weight excluding hydrogens is 393 g/mol. The van der Waals surface area contributed by atoms with Gasteiger partial charge in [0, 0.05) is 36.1 Å². The van der Waals surface area contributed by atoms with Crippen LogP contribution in [0.15, 0.2) is 48.0 Å². The lowest BCUT2D eigenvalue weighted by Gasteiger charge is -2.31. The van der Waals surface area contributed by atoms with Crippen LogP contribution in [-0.4, -0.2) is 30.1 Å². The molecule has 0 bridgehead atoms. The fraction of sp³-hybridized carbons (Fsp3) is 0.304. The van der Waals surface area contributed by atoms with Gasteiger partial charge in [-0.1, -0.05) is 13.8 Å². The van der Waals surface area contributed by atoms with Gasteiger partial charge in [0.05, 0.1) is 23.6 Å². The van der Waals surface area contributed by atoms with Gasteiger partial charge in [-0.3, -0.25) is 9.67 Å². The quantitative estimate of drug-likeness (QED) is 0.505. The van der Waals surface area contributed by atoms with E-state index in [0.29, 0.717) is 17.6 Å². The van der Waals surface area contributed by atoms with Gasteiger partial charge in [-0.15, -0.1) is 5.10 Å². The average Bonchev–Trinajstić information content (AvgIpc) is 3.40. The van der Waals surface area contributed by atoms with Crippen LogP contribution in [0.3, 0.4) is 0 Å². The SMILES string of the molecule is CC1=Nc2c(F)cc(-c3ccn4nc(Nc5cnn(C)c5)ncc34)cc2C1(C)C(C)C. The third-order valence-electron chi connectivity index (χ3n) is 6.50. The Morgan fingerprint density at radius 3 is 2.71 bits per heavy atom. The number of hydrogen-bond donors (Lipinski definition) is 1. The van der Waals surface area contributed by atoms with Crippen LogP contribution < -0.4 is 5.32 Å². The molecule has 1 unspecified atom stereocenters. The normalized spacial score (nSPS) is 18.0. The molecule has 31 heavy (non-hydrogen) atoms. The molecular formula is C23H24FN7. The van der Waals surface area contributed by atoms with E-state index < -0.39 is 0 Å². The van der Waals surface area contributed by atoms with E-state index in [0.717, 1.165) is 33.6 Å². The zero-order valence-corrected chi connectivity index (χ0v) is 18.2. The minimum absolute atomic E-state index is 0.293. The van der Waals surface area contributed by atoms with E-state index in [1.54, 1.807) is 27.7 Å². The molecule has 0 radical (unpaired) electrons. The predicted molar refractivity (Wildman–Crippen MR) is 120 cm³/mol. The van der Waals surface area contributed by atoms with E-state index in [2.05, 4.69) is 52.3 Å². The summed E-state index contributed by atoms with van der Waals surface area (Å²) in [6.45, 7) is 8.43. The highest BCUT2D eigenvalue weighted by atomic mass is 19.1. The maximum Gasteiger partial charge on any atom is 0.245 e. The molecule has 0 saturated carbocycles. The minimum atomic E-state index is -0.300. The highest BCUT2D eigenvalue weighted by Gasteiger charge is 2.41. The van der Waals surface area contributed by atoms with Crippen molar-refractivity contribution in [3.05, 3.63) is 54.4 Å². The summed E-state index contributed by atoms with van der Waals surface area (Å²) in [6.07, 6.45) is 7.15. The maximum atomic E-state index is 15.1. The Kier molecular flexibility index (Phi) is 4.22. The van der Waals surface area contributed by atoms with Crippen molar-refractivity contribution in [2.24, 2.45) is 18.0 Å². The molecule has 4 aromatic rings. The van der Waals surface area contributed by atoms with Gasteiger partial charge in [0.1, 0.15) is 11.5 Å². The van der Waals surface area contributed by atoms with Crippen LogP contribution >= 0.6 is 0 Å². The van der Waals surface area contributed by atoms with Crippen molar-refractivity contribution in [1.29, 1.82) is 0 Å². The summed E-state index contributed by atoms with van der Waals surface area (Å²) in [5.74, 6) is 0.452. The Morgan fingerprint density at radius 2 is 2.00 bits per heavy atom. The molecule has 0 saturated heterocycles. The van der Waals surface area contributed by atoms with Gasteiger partial charge < -0.3 is 5.32 Å². The maximum absolute atomic E-state index is 15.1. The zero-order chi connectivity index (χ0) is 21.9. The number of aryl methyl sites for hydroxylation is 1. The monoisotopic (exact) mass is 417 g/mol. The Hall–Kier alpha value is -3.55. The van der Waals surface area contributed by atoms with Crippen LogP contribution in [0.5, 0.6) is 0 Å². The van der Waals surface area contributed by atoms with Crippen molar-refractivity contribution in [2.45, 2.75) is 33.1 Å². The first-order valence-electron chi connectivity index (χ1n) is 10.3. The Labute approximate surface area is 179 Å². The Morgan fingerprint density at radius 1 is 1.19 bits per heavy atom. The van der Waals surface area contributed by atoms with Gasteiger partial charge >= 0.3 is 0 Å². The van der Waals surface area contributed by atoms with E-state index in [-0.39, 0.29) is 11.2 Å². The van der Waals surface area contributed by atoms with Crippen molar-refractivity contribution < 1.29 is 4.39 Å². The second kappa shape index (κ2) is 6.73. The van der Waals surface area contributed by atoms with Crippen LogP contribution in [0.2, 0.25) is 0 Å². The van der Waals surface area contributed by atoms with E-state index in [9.17, 15) is 0 Å². The highest BCUT2D eigenvalue weighted by molar-refractivity contribution is 6.01. The molecule has 0 aliphatic carbocycles. The number of fused-ring (bicyclic) bond motifs is 2. The van der Waals surface area contributed by atoms with Crippen LogP contribution in [0.1, 0.15) is 33.3 Å². The number of aliphatic imine (C=N–C) groups is 1. The molecule has 8 heteroatoms. The summed E-state index contributed by atoms with van der Waals surface area (Å²) >= 11 is 0. The molecule has 5 rings (SSSR count). The third kappa shape index (κ3) is 2.93. The van der Waals surface area contributed by atoms with E-state index in [1.165, 1.54) is 0 Å². The lowest BCUT2D eigenvalue weighted by molar-refractivity contribution is 0.455. The van der Waals surface area contributed by atoms with E-state index in [1.807, 2.05) is 32.4 Å². The van der Waals surface area contributed by atoms with Gasteiger partial charge in [0.25, 0.3) is 0 Å². The van der Waals surface area contributed by atoms with Gasteiger partial charge in [-0.2, -0.15) is 5.10 Å². The third-order valence-corrected chi connectivity index (χ3v) is 6.50. The summed E-state index contributed by atoms with van der Waals surface area (Å²) in [5.41, 5.74) is 5.34. The van der Waals surface area contributed by atoms with Gasteiger partial charge in [-0.05, 0) is 49.1 Å². The lowest BCUT2D eigenvalue weighted by Crippen LogP contribution is -2.33. The molecule has 1 aliphatic heterocycles. The Bertz CT molecular complexity index is 1350. The molecule has 1 aromatic carbocycles. The molecule has 0 amide bonds. The molecule has 7 nitrogen and oxygen atoms in total. The second-order valence-corrected chi connectivity index (χ2v) is 8.58. The fourth-order valence-electron chi connectivity index (χ4n) is 4.29. The number of anilines is 2. The zero-order valence-electron chi connectivity index (χ0n) is 18.2. The van der Waals surface area contributed by atoms with Gasteiger partial charge in [-0.25, -0.2) is 13.9 Å². The first kappa shape index (κ1) is 19.4. The van der Waals surface area contributed by atoms with E-state index in [4.69, 9.17) is 0 Å². The lowest BCUT2D eigenvalue weighted by atomic mass is 9.71. The number of aromatic nitrogens is 5. The largest absolute Gasteiger partial charge is 0.320 e. The standard InChI is InChI=1S/C23H24FN7/c1-13(2)23(4)14(3)27-21-18(23)8-15(9-19(21)24)17-6-7-31-20(17)11-25-22(29-31)28-16-10-26-30(5)12-16/h6-13H,1-5H3,(H,28,29). The molecule has 0 fully saturated rings. The minimum Gasteiger partial charge on any atom is -0.320 e.